The Balaban J connectivity index is 1.20. The fourth-order valence-electron chi connectivity index (χ4n) is 11.5. The van der Waals surface area contributed by atoms with E-state index in [1.807, 2.05) is 12.1 Å². The van der Waals surface area contributed by atoms with Gasteiger partial charge in [-0.25, -0.2) is 4.98 Å². The van der Waals surface area contributed by atoms with Gasteiger partial charge in [0.1, 0.15) is 17.3 Å². The number of fused-ring (bicyclic) bond motifs is 12. The third-order valence-electron chi connectivity index (χ3n) is 14.8. The molecule has 0 N–H and O–H groups in total. The molecule has 0 saturated carbocycles. The van der Waals surface area contributed by atoms with Gasteiger partial charge in [-0.2, -0.15) is 5.26 Å². The standard InChI is InChI=1S/C61H61N5O/c1-57(2,3)37-28-43-44-29-38(58(4,5)6)31-48(60(10,11)12)55(44)61(54(43)47(30-37)59(7,8)9)45-24-22-40(33-52(45)65-35-64(13)50-20-16-18-46(61)56(50)65)67-39-21-23-42-41-17-14-15-19-49(41)66(51(42)32-39)53-27-36(34-62)25-26-63-53/h14-33H,35H2,1-13H3. The van der Waals surface area contributed by atoms with Gasteiger partial charge in [-0.3, -0.25) is 4.57 Å². The topological polar surface area (TPSA) is 57.3 Å². The van der Waals surface area contributed by atoms with Crippen molar-refractivity contribution in [3.05, 3.63) is 172 Å². The first-order chi connectivity index (χ1) is 31.6. The molecular weight excluding hydrogens is 819 g/mol. The van der Waals surface area contributed by atoms with E-state index in [0.29, 0.717) is 11.4 Å². The van der Waals surface area contributed by atoms with Crippen LogP contribution in [0.2, 0.25) is 0 Å². The first-order valence-corrected chi connectivity index (χ1v) is 23.8. The smallest absolute Gasteiger partial charge is 0.138 e. The summed E-state index contributed by atoms with van der Waals surface area (Å²) in [5, 5.41) is 12.0. The average Bonchev–Trinajstić information content (AvgIpc) is 3.89. The summed E-state index contributed by atoms with van der Waals surface area (Å²) >= 11 is 0. The summed E-state index contributed by atoms with van der Waals surface area (Å²) in [6.07, 6.45) is 1.71. The maximum atomic E-state index is 9.82. The van der Waals surface area contributed by atoms with Crippen LogP contribution in [0.15, 0.2) is 121 Å². The highest BCUT2D eigenvalue weighted by Crippen LogP contribution is 2.68. The van der Waals surface area contributed by atoms with Gasteiger partial charge in [0, 0.05) is 36.1 Å². The lowest BCUT2D eigenvalue weighted by Crippen LogP contribution is -2.40. The van der Waals surface area contributed by atoms with Crippen LogP contribution >= 0.6 is 0 Å². The van der Waals surface area contributed by atoms with Gasteiger partial charge in [0.15, 0.2) is 0 Å². The van der Waals surface area contributed by atoms with Gasteiger partial charge < -0.3 is 14.5 Å². The highest BCUT2D eigenvalue weighted by atomic mass is 16.5. The van der Waals surface area contributed by atoms with Crippen LogP contribution in [0.4, 0.5) is 17.1 Å². The maximum Gasteiger partial charge on any atom is 0.138 e. The number of hydrogen-bond acceptors (Lipinski definition) is 5. The van der Waals surface area contributed by atoms with Crippen molar-refractivity contribution in [3.8, 4) is 34.5 Å². The predicted molar refractivity (Wildman–Crippen MR) is 277 cm³/mol. The Kier molecular flexibility index (Phi) is 9.00. The Morgan fingerprint density at radius 1 is 0.582 bits per heavy atom. The molecule has 67 heavy (non-hydrogen) atoms. The van der Waals surface area contributed by atoms with Crippen LogP contribution in [0.1, 0.15) is 133 Å². The third-order valence-corrected chi connectivity index (χ3v) is 14.8. The van der Waals surface area contributed by atoms with Crippen molar-refractivity contribution in [2.24, 2.45) is 0 Å². The van der Waals surface area contributed by atoms with Crippen LogP contribution in [0.5, 0.6) is 11.5 Å². The number of hydrogen-bond donors (Lipinski definition) is 0. The highest BCUT2D eigenvalue weighted by Gasteiger charge is 2.57. The molecule has 0 bridgehead atoms. The normalized spacial score (nSPS) is 14.9. The number of ether oxygens (including phenoxy) is 1. The van der Waals surface area contributed by atoms with Crippen molar-refractivity contribution in [2.45, 2.75) is 110 Å². The number of aromatic nitrogens is 2. The fourth-order valence-corrected chi connectivity index (χ4v) is 11.5. The third kappa shape index (κ3) is 6.23. The monoisotopic (exact) mass is 879 g/mol. The SMILES string of the molecule is CN1CN2c3cc(Oc4ccc5c6ccccc6n(-c6cc(C#N)ccn6)c5c4)ccc3C3(c4cccc1c42)c1c(cc(C(C)(C)C)cc1C(C)(C)C)-c1cc(C(C)(C)C)cc(C(C)(C)C)c13. The quantitative estimate of drug-likeness (QED) is 0.177. The van der Waals surface area contributed by atoms with Crippen LogP contribution in [0, 0.1) is 11.3 Å². The van der Waals surface area contributed by atoms with E-state index in [0.717, 1.165) is 45.7 Å². The average molecular weight is 880 g/mol. The Labute approximate surface area is 396 Å². The van der Waals surface area contributed by atoms with Gasteiger partial charge in [-0.1, -0.05) is 144 Å². The van der Waals surface area contributed by atoms with Crippen molar-refractivity contribution in [1.29, 1.82) is 5.26 Å². The highest BCUT2D eigenvalue weighted by molar-refractivity contribution is 6.09. The number of nitrogens with zero attached hydrogens (tertiary/aromatic N) is 5. The first-order valence-electron chi connectivity index (χ1n) is 23.8. The molecule has 1 spiro atoms. The predicted octanol–water partition coefficient (Wildman–Crippen LogP) is 15.3. The minimum atomic E-state index is -0.631. The molecule has 11 rings (SSSR count). The molecule has 0 fully saturated rings. The summed E-state index contributed by atoms with van der Waals surface area (Å²) in [7, 11) is 2.22. The van der Waals surface area contributed by atoms with Crippen LogP contribution in [0.3, 0.4) is 0 Å². The molecular formula is C61H61N5O. The number of para-hydroxylation sites is 2. The zero-order chi connectivity index (χ0) is 47.3. The molecule has 0 saturated heterocycles. The van der Waals surface area contributed by atoms with Crippen LogP contribution in [-0.2, 0) is 27.1 Å². The Hall–Kier alpha value is -6.84. The fraction of sp³-hybridized carbons (Fsp3) is 0.311. The van der Waals surface area contributed by atoms with Gasteiger partial charge >= 0.3 is 0 Å². The Bertz CT molecular complexity index is 3360. The van der Waals surface area contributed by atoms with Gasteiger partial charge in [0.25, 0.3) is 0 Å². The summed E-state index contributed by atoms with van der Waals surface area (Å²) in [6.45, 7) is 29.3. The molecule has 4 heterocycles. The van der Waals surface area contributed by atoms with Crippen molar-refractivity contribution in [2.75, 3.05) is 23.5 Å². The van der Waals surface area contributed by atoms with Gasteiger partial charge in [0.05, 0.1) is 51.8 Å². The molecule has 336 valence electrons. The van der Waals surface area contributed by atoms with Crippen LogP contribution < -0.4 is 14.5 Å². The Morgan fingerprint density at radius 2 is 1.19 bits per heavy atom. The summed E-state index contributed by atoms with van der Waals surface area (Å²) in [6, 6.07) is 44.7. The van der Waals surface area contributed by atoms with Crippen molar-refractivity contribution in [1.82, 2.24) is 9.55 Å². The van der Waals surface area contributed by atoms with E-state index in [1.54, 1.807) is 12.3 Å². The number of rotatable bonds is 3. The molecule has 3 aliphatic rings. The zero-order valence-corrected chi connectivity index (χ0v) is 41.4. The molecule has 2 aliphatic heterocycles. The van der Waals surface area contributed by atoms with Crippen molar-refractivity contribution in [3.63, 3.8) is 0 Å². The minimum Gasteiger partial charge on any atom is -0.457 e. The number of benzene rings is 6. The van der Waals surface area contributed by atoms with Crippen molar-refractivity contribution >= 4 is 38.9 Å². The van der Waals surface area contributed by atoms with Crippen molar-refractivity contribution < 1.29 is 4.74 Å². The second-order valence-electron chi connectivity index (χ2n) is 23.4. The van der Waals surface area contributed by atoms with E-state index in [-0.39, 0.29) is 21.7 Å². The largest absolute Gasteiger partial charge is 0.457 e. The summed E-state index contributed by atoms with van der Waals surface area (Å²) in [5.74, 6) is 2.19. The van der Waals surface area contributed by atoms with Gasteiger partial charge in [-0.05, 0) is 120 Å². The lowest BCUT2D eigenvalue weighted by Gasteiger charge is -2.46. The van der Waals surface area contributed by atoms with Crippen LogP contribution in [0.25, 0.3) is 38.8 Å². The summed E-state index contributed by atoms with van der Waals surface area (Å²) in [4.78, 5) is 9.67. The molecule has 2 aromatic heterocycles. The lowest BCUT2D eigenvalue weighted by molar-refractivity contribution is 0.482. The van der Waals surface area contributed by atoms with E-state index in [9.17, 15) is 5.26 Å². The van der Waals surface area contributed by atoms with E-state index in [4.69, 9.17) is 9.72 Å². The van der Waals surface area contributed by atoms with Gasteiger partial charge in [-0.15, -0.1) is 0 Å². The zero-order valence-electron chi connectivity index (χ0n) is 41.4. The first kappa shape index (κ1) is 42.8. The molecule has 0 amide bonds. The maximum absolute atomic E-state index is 9.82. The van der Waals surface area contributed by atoms with Crippen LogP contribution in [-0.4, -0.2) is 23.3 Å². The molecule has 0 unspecified atom stereocenters. The molecule has 0 atom stereocenters. The number of anilines is 3. The summed E-state index contributed by atoms with van der Waals surface area (Å²) < 4.78 is 9.17. The second-order valence-corrected chi connectivity index (χ2v) is 23.4. The van der Waals surface area contributed by atoms with Gasteiger partial charge in [0.2, 0.25) is 0 Å². The number of pyridine rings is 1. The van der Waals surface area contributed by atoms with E-state index < -0.39 is 5.41 Å². The molecule has 0 radical (unpaired) electrons. The molecule has 6 heteroatoms. The lowest BCUT2D eigenvalue weighted by atomic mass is 9.59. The second kappa shape index (κ2) is 14.1. The molecule has 6 aromatic carbocycles. The molecule has 1 aliphatic carbocycles. The van der Waals surface area contributed by atoms with E-state index >= 15 is 0 Å². The summed E-state index contributed by atoms with van der Waals surface area (Å²) in [5.41, 5.74) is 18.8. The number of nitriles is 1. The van der Waals surface area contributed by atoms with E-state index in [1.165, 1.54) is 67.0 Å². The minimum absolute atomic E-state index is 0.0573. The Morgan fingerprint density at radius 3 is 1.82 bits per heavy atom. The van der Waals surface area contributed by atoms with E-state index in [2.05, 4.69) is 208 Å². The molecule has 6 nitrogen and oxygen atoms in total. The molecule has 8 aromatic rings.